The van der Waals surface area contributed by atoms with Crippen LogP contribution in [-0.4, -0.2) is 23.9 Å². The zero-order chi connectivity index (χ0) is 17.0. The van der Waals surface area contributed by atoms with Crippen LogP contribution in [0, 0.1) is 0 Å². The molecular weight excluding hydrogens is 320 g/mol. The minimum Gasteiger partial charge on any atom is -0.872 e. The molecule has 0 radical (unpaired) electrons. The quantitative estimate of drug-likeness (QED) is 0.648. The van der Waals surface area contributed by atoms with Crippen molar-refractivity contribution in [1.82, 2.24) is 0 Å². The van der Waals surface area contributed by atoms with Crippen molar-refractivity contribution in [3.05, 3.63) is 52.5 Å². The average molecular weight is 334 g/mol. The van der Waals surface area contributed by atoms with Crippen LogP contribution in [0.4, 0.5) is 5.69 Å². The van der Waals surface area contributed by atoms with Gasteiger partial charge in [0.25, 0.3) is 0 Å². The molecule has 0 bridgehead atoms. The third-order valence-corrected chi connectivity index (χ3v) is 3.46. The second-order valence-corrected chi connectivity index (χ2v) is 5.08. The molecule has 2 aromatic carbocycles. The fourth-order valence-corrected chi connectivity index (χ4v) is 2.03. The molecule has 0 heterocycles. The predicted molar refractivity (Wildman–Crippen MR) is 86.7 cm³/mol. The molecule has 120 valence electrons. The van der Waals surface area contributed by atoms with Gasteiger partial charge in [0.15, 0.2) is 0 Å². The Balaban J connectivity index is 2.29. The molecule has 0 amide bonds. The lowest BCUT2D eigenvalue weighted by atomic mass is 10.1. The Morgan fingerprint density at radius 3 is 2.70 bits per heavy atom. The van der Waals surface area contributed by atoms with Gasteiger partial charge in [0.05, 0.1) is 29.1 Å². The van der Waals surface area contributed by atoms with Gasteiger partial charge in [0.1, 0.15) is 5.75 Å². The monoisotopic (exact) mass is 333 g/mol. The Morgan fingerprint density at radius 1 is 1.30 bits per heavy atom. The van der Waals surface area contributed by atoms with Crippen LogP contribution in [-0.2, 0) is 0 Å². The van der Waals surface area contributed by atoms with E-state index in [1.807, 2.05) is 0 Å². The number of hydrogen-bond acceptors (Lipinski definition) is 5. The van der Waals surface area contributed by atoms with Crippen LogP contribution >= 0.6 is 11.6 Å². The topological polar surface area (TPSA) is 94.0 Å². The fourth-order valence-electron chi connectivity index (χ4n) is 1.87. The maximum atomic E-state index is 11.9. The number of nitrogens with zero attached hydrogens (tertiary/aromatic N) is 1. The van der Waals surface area contributed by atoms with Gasteiger partial charge in [-0.2, -0.15) is 5.10 Å². The van der Waals surface area contributed by atoms with Crippen LogP contribution < -0.4 is 15.3 Å². The lowest BCUT2D eigenvalue weighted by molar-refractivity contribution is -0.268. The van der Waals surface area contributed by atoms with Crippen LogP contribution in [0.25, 0.3) is 0 Å². The van der Waals surface area contributed by atoms with Crippen molar-refractivity contribution in [2.75, 3.05) is 12.5 Å². The number of aromatic carboxylic acids is 1. The molecule has 6 nitrogen and oxygen atoms in total. The van der Waals surface area contributed by atoms with Gasteiger partial charge in [-0.1, -0.05) is 23.4 Å². The molecule has 0 aromatic heterocycles. The number of halogens is 1. The standard InChI is InChI=1S/C16H15ClN2O4/c1-9(12-8-11(23-2)4-6-15(12)20)18-19-14-7-10(16(21)22)3-5-13(14)17/h3-8,19-20H,1-2H3,(H,21,22)/p-1/b18-9+. The summed E-state index contributed by atoms with van der Waals surface area (Å²) in [5.41, 5.74) is 3.90. The number of benzene rings is 2. The fraction of sp³-hybridized carbons (Fsp3) is 0.125. The van der Waals surface area contributed by atoms with E-state index in [1.165, 1.54) is 31.4 Å². The van der Waals surface area contributed by atoms with Crippen LogP contribution in [0.15, 0.2) is 41.5 Å². The summed E-state index contributed by atoms with van der Waals surface area (Å²) < 4.78 is 5.08. The lowest BCUT2D eigenvalue weighted by Crippen LogP contribution is -2.06. The molecule has 0 saturated carbocycles. The third-order valence-electron chi connectivity index (χ3n) is 3.13. The minimum atomic E-state index is -1.07. The number of methoxy groups -OCH3 is 1. The number of ether oxygens (including phenoxy) is 1. The summed E-state index contributed by atoms with van der Waals surface area (Å²) in [4.78, 5) is 11.0. The summed E-state index contributed by atoms with van der Waals surface area (Å²) in [6.07, 6.45) is 0. The average Bonchev–Trinajstić information content (AvgIpc) is 2.54. The van der Waals surface area contributed by atoms with Crippen molar-refractivity contribution in [3.8, 4) is 11.5 Å². The molecular formula is C16H14ClN2O4-. The van der Waals surface area contributed by atoms with E-state index < -0.39 is 5.97 Å². The van der Waals surface area contributed by atoms with Crippen LogP contribution in [0.5, 0.6) is 11.5 Å². The first-order chi connectivity index (χ1) is 10.9. The van der Waals surface area contributed by atoms with Gasteiger partial charge < -0.3 is 14.9 Å². The van der Waals surface area contributed by atoms with Gasteiger partial charge in [-0.3, -0.25) is 5.43 Å². The third kappa shape index (κ3) is 3.92. The second-order valence-electron chi connectivity index (χ2n) is 4.67. The first-order valence-electron chi connectivity index (χ1n) is 6.61. The number of carboxylic acid groups (broad SMARTS) is 1. The number of nitrogens with one attached hydrogen (secondary N) is 1. The van der Waals surface area contributed by atoms with Gasteiger partial charge in [-0.15, -0.1) is 0 Å². The summed E-state index contributed by atoms with van der Waals surface area (Å²) in [6.45, 7) is 1.65. The molecule has 2 N–H and O–H groups in total. The van der Waals surface area contributed by atoms with Crippen molar-refractivity contribution in [3.63, 3.8) is 0 Å². The maximum absolute atomic E-state index is 11.9. The Kier molecular flexibility index (Phi) is 5.08. The molecule has 0 aliphatic carbocycles. The SMILES string of the molecule is COc1ccc([O-])c(/C(C)=N/Nc2cc(C(=O)O)ccc2Cl)c1. The van der Waals surface area contributed by atoms with E-state index in [1.54, 1.807) is 19.1 Å². The van der Waals surface area contributed by atoms with Gasteiger partial charge in [-0.25, -0.2) is 4.79 Å². The molecule has 7 heteroatoms. The van der Waals surface area contributed by atoms with Crippen LogP contribution in [0.3, 0.4) is 0 Å². The van der Waals surface area contributed by atoms with Crippen molar-refractivity contribution in [2.24, 2.45) is 5.10 Å². The normalized spacial score (nSPS) is 11.2. The number of carbonyl (C=O) groups is 1. The molecule has 0 fully saturated rings. The molecule has 2 rings (SSSR count). The zero-order valence-corrected chi connectivity index (χ0v) is 13.2. The van der Waals surface area contributed by atoms with E-state index in [4.69, 9.17) is 21.4 Å². The van der Waals surface area contributed by atoms with Crippen molar-refractivity contribution >= 4 is 29.0 Å². The van der Waals surface area contributed by atoms with E-state index in [9.17, 15) is 9.90 Å². The molecule has 0 saturated heterocycles. The highest BCUT2D eigenvalue weighted by atomic mass is 35.5. The first kappa shape index (κ1) is 16.6. The van der Waals surface area contributed by atoms with E-state index in [-0.39, 0.29) is 11.3 Å². The van der Waals surface area contributed by atoms with Crippen molar-refractivity contribution in [1.29, 1.82) is 0 Å². The van der Waals surface area contributed by atoms with E-state index in [0.717, 1.165) is 0 Å². The Morgan fingerprint density at radius 2 is 2.04 bits per heavy atom. The van der Waals surface area contributed by atoms with Gasteiger partial charge in [0, 0.05) is 0 Å². The van der Waals surface area contributed by atoms with Crippen LogP contribution in [0.1, 0.15) is 22.8 Å². The molecule has 2 aromatic rings. The van der Waals surface area contributed by atoms with Gasteiger partial charge in [-0.05, 0) is 42.8 Å². The summed E-state index contributed by atoms with van der Waals surface area (Å²) in [7, 11) is 1.51. The zero-order valence-electron chi connectivity index (χ0n) is 12.5. The predicted octanol–water partition coefficient (Wildman–Crippen LogP) is 2.96. The Bertz CT molecular complexity index is 775. The Hall–Kier alpha value is -2.73. The van der Waals surface area contributed by atoms with Crippen molar-refractivity contribution in [2.45, 2.75) is 6.92 Å². The number of hydrazone groups is 1. The highest BCUT2D eigenvalue weighted by Crippen LogP contribution is 2.24. The van der Waals surface area contributed by atoms with E-state index in [0.29, 0.717) is 27.7 Å². The molecule has 0 unspecified atom stereocenters. The van der Waals surface area contributed by atoms with Crippen molar-refractivity contribution < 1.29 is 19.7 Å². The highest BCUT2D eigenvalue weighted by Gasteiger charge is 2.07. The molecule has 0 atom stereocenters. The summed E-state index contributed by atoms with van der Waals surface area (Å²) in [5.74, 6) is -0.723. The molecule has 23 heavy (non-hydrogen) atoms. The highest BCUT2D eigenvalue weighted by molar-refractivity contribution is 6.33. The van der Waals surface area contributed by atoms with E-state index in [2.05, 4.69) is 10.5 Å². The smallest absolute Gasteiger partial charge is 0.335 e. The molecule has 0 aliphatic heterocycles. The maximum Gasteiger partial charge on any atom is 0.335 e. The summed E-state index contributed by atoms with van der Waals surface area (Å²) in [5, 5.41) is 25.3. The summed E-state index contributed by atoms with van der Waals surface area (Å²) >= 11 is 6.00. The van der Waals surface area contributed by atoms with Gasteiger partial charge >= 0.3 is 5.97 Å². The van der Waals surface area contributed by atoms with E-state index >= 15 is 0 Å². The second kappa shape index (κ2) is 7.02. The molecule has 0 aliphatic rings. The van der Waals surface area contributed by atoms with Crippen LogP contribution in [0.2, 0.25) is 5.02 Å². The first-order valence-corrected chi connectivity index (χ1v) is 6.98. The lowest BCUT2D eigenvalue weighted by Gasteiger charge is -2.14. The number of anilines is 1. The Labute approximate surface area is 138 Å². The number of rotatable bonds is 5. The number of hydrogen-bond donors (Lipinski definition) is 2. The van der Waals surface area contributed by atoms with Gasteiger partial charge in [0.2, 0.25) is 0 Å². The molecule has 0 spiro atoms. The number of carboxylic acids is 1. The largest absolute Gasteiger partial charge is 0.872 e. The minimum absolute atomic E-state index is 0.0793. The summed E-state index contributed by atoms with van der Waals surface area (Å²) in [6, 6.07) is 8.77.